The van der Waals surface area contributed by atoms with Crippen molar-refractivity contribution in [2.75, 3.05) is 85.0 Å². The van der Waals surface area contributed by atoms with Crippen molar-refractivity contribution in [3.05, 3.63) is 66.5 Å². The van der Waals surface area contributed by atoms with Gasteiger partial charge in [0.1, 0.15) is 128 Å². The molecular weight excluding hydrogens is 1880 g/mol. The molecule has 0 bridgehead atoms. The molecule has 1 aromatic heterocycles. The average molecular weight is 2020 g/mol. The number of aromatic nitrogens is 3. The minimum absolute atomic E-state index is 0.00263. The third-order valence-electron chi connectivity index (χ3n) is 19.7. The molecule has 40 N–H and O–H groups in total. The molecule has 6 aliphatic rings. The Bertz CT molecular complexity index is 3230. The van der Waals surface area contributed by atoms with Crippen LogP contribution in [-0.2, 0) is 89.7 Å². The summed E-state index contributed by atoms with van der Waals surface area (Å²) in [5.41, 5.74) is 7.94. The Morgan fingerprint density at radius 2 is 0.743 bits per heavy atom. The van der Waals surface area contributed by atoms with E-state index in [0.717, 1.165) is 0 Å². The number of hydrogen-bond donors (Lipinski definition) is 39. The van der Waals surface area contributed by atoms with Crippen molar-refractivity contribution in [2.24, 2.45) is 11.8 Å². The lowest BCUT2D eigenvalue weighted by Gasteiger charge is -2.40. The summed E-state index contributed by atoms with van der Waals surface area (Å²) >= 11 is 0. The Labute approximate surface area is 771 Å². The molecule has 28 unspecified atom stereocenters. The Hall–Kier alpha value is -5.93. The molecule has 59 nitrogen and oxygen atoms in total. The molecular formula is C74H137F3N4O55. The van der Waals surface area contributed by atoms with E-state index in [1.54, 1.807) is 42.1 Å². The third-order valence-corrected chi connectivity index (χ3v) is 19.7. The molecule has 1 saturated carbocycles. The molecule has 0 spiro atoms. The molecule has 0 radical (unpaired) electrons. The van der Waals surface area contributed by atoms with Crippen LogP contribution in [0.25, 0.3) is 0 Å². The van der Waals surface area contributed by atoms with Gasteiger partial charge in [0.25, 0.3) is 0 Å². The summed E-state index contributed by atoms with van der Waals surface area (Å²) in [7, 11) is 0. The standard InChI is InChI=1S/C18H31N3O9.C17H25NO7.C14H24O7.C13H22O7.C12H19F3O7.2H2O3.6H2O2/c22-7-10-4-13(24)12(10)6-21-5-11(19-20-21)9-28-2-1-3-29-18-17(27)16(26)15(25)14(8-23)30-18;18-11-6-4-10(5-7-11)12(20)3-1-2-8-24-17-16(23)15(22)14(21)13(9-19)25-17;1-8(2)9(16)5-3-4-6-20-14-13(19)12(18)11(17)10(7-15)21-14;1-2-8(15)5-3-4-6-19-13-12(18)11(17)10(16)9(7-14)20-13;13-12(14,15)7(17)3-1-2-4-21-11-10(20)9(19)8(18)6(5-16)22-11;2*1-3-2;6*1-2/h5,10,12-18,22-27H,1-4,6-9H2;4-7,13-17,19,21-23H,1-3,8-9,18H2;10-15,17-19H,1,3-7H2,2H3;2,9-14,16-18H,1,3-7H2;6,8-11,16,18-20H,1-5H2;2*1-2H;6*1-2H. The van der Waals surface area contributed by atoms with Crippen molar-refractivity contribution in [2.45, 2.75) is 276 Å². The molecule has 5 saturated heterocycles. The van der Waals surface area contributed by atoms with Gasteiger partial charge in [-0.1, -0.05) is 28.4 Å². The number of allylic oxidation sites excluding steroid dienone is 2. The molecule has 6 heterocycles. The first-order valence-electron chi connectivity index (χ1n) is 40.6. The molecule has 62 heteroatoms. The predicted octanol–water partition coefficient (Wildman–Crippen LogP) is -6.62. The van der Waals surface area contributed by atoms with Crippen LogP contribution in [0.2, 0.25) is 0 Å². The maximum atomic E-state index is 12.0. The van der Waals surface area contributed by atoms with Gasteiger partial charge in [-0.2, -0.15) is 13.2 Å². The maximum Gasteiger partial charge on any atom is 0.449 e. The number of aliphatic hydroxyl groups excluding tert-OH is 22. The SMILES string of the molecule is C=C(C)C(=O)CCCCOC1OC(CO)C(O)C(O)C1O.C=CC(=O)CCCCOC1OC(CO)C(O)C(O)C1O.Nc1ccc(C(=O)CCCCOC2OC(CO)C(O)C(O)C2O)cc1.O=C(CCCCOC1OC(CO)C(O)C(O)C1O)C(F)(F)F.OCC1CC(O)C1Cn1cc(COCCCOC2OC(CO)C(O)C(O)C2O)nn1.OO.OO.OO.OO.OO.OO.OOO.OOO. The molecule has 8 rings (SSSR count). The highest BCUT2D eigenvalue weighted by atomic mass is 19.4. The van der Waals surface area contributed by atoms with Gasteiger partial charge in [-0.3, -0.25) is 86.9 Å². The zero-order valence-electron chi connectivity index (χ0n) is 73.3. The lowest BCUT2D eigenvalue weighted by atomic mass is 9.71. The summed E-state index contributed by atoms with van der Waals surface area (Å²) in [4.78, 5) is 44.9. The van der Waals surface area contributed by atoms with E-state index in [1.807, 2.05) is 0 Å². The number of rotatable bonds is 42. The number of Topliss-reactive ketones (excluding diaryl/α,β-unsaturated/α-hetero) is 3. The molecule has 6 fully saturated rings. The number of halogens is 3. The van der Waals surface area contributed by atoms with E-state index in [-0.39, 0.29) is 88.3 Å². The number of carbonyl (C=O) groups excluding carboxylic acids is 4. The van der Waals surface area contributed by atoms with Crippen LogP contribution in [0, 0.1) is 11.8 Å². The zero-order chi connectivity index (χ0) is 106. The number of nitrogens with two attached hydrogens (primary N) is 1. The highest BCUT2D eigenvalue weighted by Crippen LogP contribution is 2.36. The van der Waals surface area contributed by atoms with Gasteiger partial charge in [-0.25, -0.2) is 21.0 Å². The minimum Gasteiger partial charge on any atom is -0.399 e. The van der Waals surface area contributed by atoms with Crippen molar-refractivity contribution < 1.29 is 291 Å². The Morgan fingerprint density at radius 1 is 0.441 bits per heavy atom. The van der Waals surface area contributed by atoms with Crippen LogP contribution in [0.5, 0.6) is 0 Å². The molecule has 0 amide bonds. The molecule has 1 aromatic carbocycles. The first-order valence-corrected chi connectivity index (χ1v) is 40.6. The largest absolute Gasteiger partial charge is 0.449 e. The van der Waals surface area contributed by atoms with Crippen LogP contribution in [0.4, 0.5) is 18.9 Å². The van der Waals surface area contributed by atoms with Crippen molar-refractivity contribution in [3.63, 3.8) is 0 Å². The summed E-state index contributed by atoms with van der Waals surface area (Å²) in [5.74, 6) is -1.79. The molecule has 28 atom stereocenters. The second-order valence-electron chi connectivity index (χ2n) is 28.9. The molecule has 804 valence electrons. The normalized spacial score (nSPS) is 29.4. The highest BCUT2D eigenvalue weighted by Gasteiger charge is 2.49. The van der Waals surface area contributed by atoms with Crippen LogP contribution < -0.4 is 5.73 Å². The van der Waals surface area contributed by atoms with Gasteiger partial charge in [-0.05, 0) is 113 Å². The number of hydrogen-bond acceptors (Lipinski definition) is 58. The van der Waals surface area contributed by atoms with E-state index in [9.17, 15) is 119 Å². The van der Waals surface area contributed by atoms with Crippen LogP contribution in [-0.4, -0.2) is 480 Å². The van der Waals surface area contributed by atoms with Crippen molar-refractivity contribution >= 4 is 28.8 Å². The van der Waals surface area contributed by atoms with Crippen LogP contribution in [0.3, 0.4) is 0 Å². The Kier molecular flexibility index (Phi) is 84.2. The van der Waals surface area contributed by atoms with Crippen LogP contribution >= 0.6 is 0 Å². The van der Waals surface area contributed by atoms with E-state index in [2.05, 4.69) is 33.5 Å². The second-order valence-corrected chi connectivity index (χ2v) is 28.9. The number of nitrogen functional groups attached to an aromatic ring is 1. The number of anilines is 1. The number of benzene rings is 1. The predicted molar refractivity (Wildman–Crippen MR) is 438 cm³/mol. The number of ether oxygens (including phenoxy) is 11. The number of unbranched alkanes of at least 4 members (excludes halogenated alkanes) is 4. The summed E-state index contributed by atoms with van der Waals surface area (Å²) in [6, 6.07) is 6.72. The first-order chi connectivity index (χ1) is 64.8. The Balaban J connectivity index is -0.000000506. The fourth-order valence-corrected chi connectivity index (χ4v) is 12.2. The van der Waals surface area contributed by atoms with E-state index >= 15 is 0 Å². The van der Waals surface area contributed by atoms with Gasteiger partial charge >= 0.3 is 6.18 Å². The van der Waals surface area contributed by atoms with Crippen LogP contribution in [0.15, 0.2) is 55.3 Å². The molecule has 5 aliphatic heterocycles. The number of aliphatic hydroxyl groups is 22. The van der Waals surface area contributed by atoms with E-state index in [0.29, 0.717) is 106 Å². The fraction of sp³-hybridized carbons (Fsp3) is 0.784. The number of nitrogens with zero attached hydrogens (tertiary/aromatic N) is 3. The average Bonchev–Trinajstić information content (AvgIpc) is 1.42. The highest BCUT2D eigenvalue weighted by molar-refractivity contribution is 5.96. The van der Waals surface area contributed by atoms with Crippen molar-refractivity contribution in [1.82, 2.24) is 15.0 Å². The number of alkyl halides is 3. The van der Waals surface area contributed by atoms with Gasteiger partial charge in [0, 0.05) is 89.0 Å². The summed E-state index contributed by atoms with van der Waals surface area (Å²) in [6.45, 7) is 7.86. The fourth-order valence-electron chi connectivity index (χ4n) is 12.2. The second kappa shape index (κ2) is 82.6. The van der Waals surface area contributed by atoms with Crippen molar-refractivity contribution in [1.29, 1.82) is 0 Å². The first kappa shape index (κ1) is 139. The molecule has 2 aromatic rings. The topological polar surface area (TPSA) is 1010 Å². The Morgan fingerprint density at radius 3 is 1.03 bits per heavy atom. The number of carbonyl (C=O) groups is 4. The van der Waals surface area contributed by atoms with Gasteiger partial charge in [0.15, 0.2) is 48.8 Å². The number of ketones is 4. The zero-order valence-corrected chi connectivity index (χ0v) is 73.3. The minimum atomic E-state index is -4.85. The van der Waals surface area contributed by atoms with Gasteiger partial charge < -0.3 is 170 Å². The molecule has 1 aliphatic carbocycles. The summed E-state index contributed by atoms with van der Waals surface area (Å²) in [6.07, 6.45) is -29.7. The van der Waals surface area contributed by atoms with E-state index < -0.39 is 211 Å². The summed E-state index contributed by atoms with van der Waals surface area (Å²) < 4.78 is 95.3. The van der Waals surface area contributed by atoms with Crippen molar-refractivity contribution in [3.8, 4) is 0 Å². The monoisotopic (exact) mass is 2020 g/mol. The lowest BCUT2D eigenvalue weighted by Crippen LogP contribution is -2.59. The maximum absolute atomic E-state index is 12.0. The third kappa shape index (κ3) is 52.7. The van der Waals surface area contributed by atoms with Crippen LogP contribution in [0.1, 0.15) is 113 Å². The quantitative estimate of drug-likeness (QED) is 0.00734. The summed E-state index contributed by atoms with van der Waals surface area (Å²) in [5, 5.41) is 320. The van der Waals surface area contributed by atoms with Gasteiger partial charge in [0.05, 0.1) is 58.5 Å². The lowest BCUT2D eigenvalue weighted by molar-refractivity contribution is -0.465. The van der Waals surface area contributed by atoms with Gasteiger partial charge in [-0.15, -0.1) is 5.10 Å². The molecule has 136 heavy (non-hydrogen) atoms. The van der Waals surface area contributed by atoms with E-state index in [4.69, 9.17) is 167 Å². The van der Waals surface area contributed by atoms with Gasteiger partial charge in [0.2, 0.25) is 5.78 Å². The smallest absolute Gasteiger partial charge is 0.399 e. The van der Waals surface area contributed by atoms with E-state index in [1.165, 1.54) is 6.08 Å².